The van der Waals surface area contributed by atoms with Gasteiger partial charge in [-0.2, -0.15) is 0 Å². The van der Waals surface area contributed by atoms with E-state index < -0.39 is 0 Å². The molecule has 0 radical (unpaired) electrons. The van der Waals surface area contributed by atoms with Crippen LogP contribution in [0, 0.1) is 23.7 Å². The Hall–Kier alpha value is -1.06. The molecule has 1 atom stereocenters. The number of allylic oxidation sites excluding steroid dienone is 5. The van der Waals surface area contributed by atoms with Crippen molar-refractivity contribution in [1.82, 2.24) is 10.2 Å². The van der Waals surface area contributed by atoms with Gasteiger partial charge in [0, 0.05) is 38.4 Å². The van der Waals surface area contributed by atoms with Gasteiger partial charge in [-0.3, -0.25) is 4.90 Å². The number of nitrogens with zero attached hydrogens (tertiary/aromatic N) is 1. The molecule has 30 heavy (non-hydrogen) atoms. The third kappa shape index (κ3) is 11.4. The second-order valence-electron chi connectivity index (χ2n) is 9.41. The smallest absolute Gasteiger partial charge is 0.0589 e. The molecule has 0 amide bonds. The Kier molecular flexibility index (Phi) is 14.9. The van der Waals surface area contributed by atoms with Gasteiger partial charge in [0.15, 0.2) is 0 Å². The van der Waals surface area contributed by atoms with E-state index in [0.29, 0.717) is 5.92 Å². The molecule has 0 aromatic heterocycles. The number of methoxy groups -OCH3 is 1. The lowest BCUT2D eigenvalue weighted by molar-refractivity contribution is 0.151. The minimum atomic E-state index is 0.582. The first-order valence-corrected chi connectivity index (χ1v) is 12.6. The average Bonchev–Trinajstić information content (AvgIpc) is 2.97. The van der Waals surface area contributed by atoms with Crippen LogP contribution in [-0.4, -0.2) is 44.8 Å². The average molecular weight is 419 g/mol. The van der Waals surface area contributed by atoms with Crippen molar-refractivity contribution >= 4 is 0 Å². The topological polar surface area (TPSA) is 24.5 Å². The normalized spacial score (nSPS) is 23.7. The van der Waals surface area contributed by atoms with Gasteiger partial charge >= 0.3 is 0 Å². The van der Waals surface area contributed by atoms with E-state index in [1.54, 1.807) is 7.11 Å². The molecule has 0 aromatic rings. The number of rotatable bonds is 11. The van der Waals surface area contributed by atoms with Crippen LogP contribution in [0.15, 0.2) is 36.1 Å². The van der Waals surface area contributed by atoms with Crippen molar-refractivity contribution in [2.24, 2.45) is 23.7 Å². The lowest BCUT2D eigenvalue weighted by atomic mass is 9.73. The third-order valence-corrected chi connectivity index (χ3v) is 6.15. The molecule has 1 fully saturated rings. The Bertz CT molecular complexity index is 501. The van der Waals surface area contributed by atoms with E-state index in [2.05, 4.69) is 75.2 Å². The first-order valence-electron chi connectivity index (χ1n) is 12.6. The fourth-order valence-electron chi connectivity index (χ4n) is 4.56. The number of likely N-dealkylation sites (N-methyl/N-ethyl adjacent to an activating group) is 1. The third-order valence-electron chi connectivity index (χ3n) is 6.15. The van der Waals surface area contributed by atoms with E-state index in [-0.39, 0.29) is 0 Å². The molecule has 0 heterocycles. The van der Waals surface area contributed by atoms with Gasteiger partial charge in [0.25, 0.3) is 0 Å². The van der Waals surface area contributed by atoms with Crippen molar-refractivity contribution in [2.75, 3.05) is 39.9 Å². The molecular weight excluding hydrogens is 368 g/mol. The zero-order chi connectivity index (χ0) is 22.2. The number of hydrogen-bond donors (Lipinski definition) is 1. The monoisotopic (exact) mass is 418 g/mol. The molecule has 3 nitrogen and oxygen atoms in total. The van der Waals surface area contributed by atoms with Crippen LogP contribution in [0.5, 0.6) is 0 Å². The van der Waals surface area contributed by atoms with E-state index in [1.165, 1.54) is 44.2 Å². The lowest BCUT2D eigenvalue weighted by Crippen LogP contribution is -2.34. The first-order chi connectivity index (χ1) is 14.5. The van der Waals surface area contributed by atoms with Crippen LogP contribution in [-0.2, 0) is 4.74 Å². The van der Waals surface area contributed by atoms with Gasteiger partial charge in [0.2, 0.25) is 0 Å². The van der Waals surface area contributed by atoms with Crippen molar-refractivity contribution in [1.29, 1.82) is 0 Å². The van der Waals surface area contributed by atoms with Crippen LogP contribution >= 0.6 is 0 Å². The summed E-state index contributed by atoms with van der Waals surface area (Å²) in [6.45, 7) is 16.1. The highest BCUT2D eigenvalue weighted by Crippen LogP contribution is 2.37. The minimum Gasteiger partial charge on any atom is -0.384 e. The fourth-order valence-corrected chi connectivity index (χ4v) is 4.56. The van der Waals surface area contributed by atoms with Crippen LogP contribution in [0.25, 0.3) is 0 Å². The highest BCUT2D eigenvalue weighted by atomic mass is 16.5. The van der Waals surface area contributed by atoms with Gasteiger partial charge in [-0.25, -0.2) is 0 Å². The minimum absolute atomic E-state index is 0.582. The summed E-state index contributed by atoms with van der Waals surface area (Å²) in [4.78, 5) is 2.43. The Balaban J connectivity index is 0.00000141. The van der Waals surface area contributed by atoms with Gasteiger partial charge in [-0.1, -0.05) is 78.2 Å². The maximum Gasteiger partial charge on any atom is 0.0589 e. The maximum atomic E-state index is 5.20. The Morgan fingerprint density at radius 1 is 1.07 bits per heavy atom. The van der Waals surface area contributed by atoms with Crippen LogP contribution in [0.1, 0.15) is 73.1 Å². The van der Waals surface area contributed by atoms with Gasteiger partial charge in [-0.15, -0.1) is 0 Å². The first kappa shape index (κ1) is 27.0. The lowest BCUT2D eigenvalue weighted by Gasteiger charge is -2.32. The van der Waals surface area contributed by atoms with E-state index >= 15 is 0 Å². The predicted octanol–water partition coefficient (Wildman–Crippen LogP) is 6.44. The zero-order valence-electron chi connectivity index (χ0n) is 20.8. The zero-order valence-corrected chi connectivity index (χ0v) is 20.8. The Morgan fingerprint density at radius 3 is 2.37 bits per heavy atom. The van der Waals surface area contributed by atoms with Crippen LogP contribution in [0.2, 0.25) is 0 Å². The highest BCUT2D eigenvalue weighted by Gasteiger charge is 2.26. The molecule has 1 N–H and O–H groups in total. The molecule has 3 heteroatoms. The second-order valence-corrected chi connectivity index (χ2v) is 9.41. The van der Waals surface area contributed by atoms with Gasteiger partial charge in [-0.05, 0) is 49.6 Å². The van der Waals surface area contributed by atoms with Crippen molar-refractivity contribution in [3.63, 3.8) is 0 Å². The molecular formula is C27H50N2O. The van der Waals surface area contributed by atoms with Crippen molar-refractivity contribution in [3.8, 4) is 0 Å². The Labute approximate surface area is 188 Å². The second kappa shape index (κ2) is 16.6. The molecule has 1 unspecified atom stereocenters. The van der Waals surface area contributed by atoms with Crippen molar-refractivity contribution in [2.45, 2.75) is 73.1 Å². The van der Waals surface area contributed by atoms with E-state index in [0.717, 1.165) is 50.5 Å². The van der Waals surface area contributed by atoms with E-state index in [9.17, 15) is 0 Å². The molecule has 1 saturated carbocycles. The number of nitrogens with one attached hydrogen (secondary N) is 1. The van der Waals surface area contributed by atoms with E-state index in [4.69, 9.17) is 4.74 Å². The summed E-state index contributed by atoms with van der Waals surface area (Å²) >= 11 is 0. The molecule has 2 aliphatic carbocycles. The SMILES string of the molecule is CCC.CCN(CCNC1=CC(C2CCC(CC(C)C)CC2)C=CC=C1)CCOC. The Morgan fingerprint density at radius 2 is 1.77 bits per heavy atom. The summed E-state index contributed by atoms with van der Waals surface area (Å²) in [7, 11) is 1.77. The quantitative estimate of drug-likeness (QED) is 0.418. The fraction of sp³-hybridized carbons (Fsp3) is 0.778. The number of ether oxygens (including phenoxy) is 1. The summed E-state index contributed by atoms with van der Waals surface area (Å²) in [6, 6.07) is 0. The summed E-state index contributed by atoms with van der Waals surface area (Å²) in [5.74, 6) is 3.20. The van der Waals surface area contributed by atoms with Crippen LogP contribution in [0.3, 0.4) is 0 Å². The maximum absolute atomic E-state index is 5.20. The molecule has 2 rings (SSSR count). The molecule has 0 aromatic carbocycles. The number of hydrogen-bond acceptors (Lipinski definition) is 3. The molecule has 0 saturated heterocycles. The summed E-state index contributed by atoms with van der Waals surface area (Å²) in [6.07, 6.45) is 19.8. The molecule has 0 aliphatic heterocycles. The van der Waals surface area contributed by atoms with Crippen LogP contribution in [0.4, 0.5) is 0 Å². The molecule has 174 valence electrons. The molecule has 0 spiro atoms. The summed E-state index contributed by atoms with van der Waals surface area (Å²) in [5.41, 5.74) is 1.29. The molecule has 2 aliphatic rings. The van der Waals surface area contributed by atoms with Gasteiger partial charge < -0.3 is 10.1 Å². The van der Waals surface area contributed by atoms with E-state index in [1.807, 2.05) is 0 Å². The highest BCUT2D eigenvalue weighted by molar-refractivity contribution is 5.27. The predicted molar refractivity (Wildman–Crippen MR) is 133 cm³/mol. The van der Waals surface area contributed by atoms with Crippen molar-refractivity contribution in [3.05, 3.63) is 36.1 Å². The van der Waals surface area contributed by atoms with Crippen LogP contribution < -0.4 is 5.32 Å². The standard InChI is InChI=1S/C24H42N2O.C3H8/c1-5-26(16-17-27-4)15-14-25-24-9-7-6-8-23(19-24)22-12-10-21(11-13-22)18-20(2)3;1-3-2/h6-9,19-23,25H,5,10-18H2,1-4H3;3H2,1-2H3. The van der Waals surface area contributed by atoms with Crippen molar-refractivity contribution < 1.29 is 4.74 Å². The summed E-state index contributed by atoms with van der Waals surface area (Å²) in [5, 5.41) is 3.66. The molecule has 0 bridgehead atoms. The largest absolute Gasteiger partial charge is 0.384 e. The van der Waals surface area contributed by atoms with Gasteiger partial charge in [0.05, 0.1) is 6.61 Å². The van der Waals surface area contributed by atoms with Gasteiger partial charge in [0.1, 0.15) is 0 Å². The summed E-state index contributed by atoms with van der Waals surface area (Å²) < 4.78 is 5.20.